The Morgan fingerprint density at radius 2 is 1.75 bits per heavy atom. The Balaban J connectivity index is 2.11. The van der Waals surface area contributed by atoms with E-state index in [4.69, 9.17) is 0 Å². The molecule has 24 heavy (non-hydrogen) atoms. The molecular weight excluding hydrogens is 314 g/mol. The minimum atomic E-state index is -0.903. The molecule has 3 rings (SSSR count). The smallest absolute Gasteiger partial charge is 0.261 e. The molecule has 6 heteroatoms. The zero-order chi connectivity index (χ0) is 17.3. The summed E-state index contributed by atoms with van der Waals surface area (Å²) >= 11 is 0. The van der Waals surface area contributed by atoms with E-state index in [1.54, 1.807) is 28.8 Å². The third kappa shape index (κ3) is 2.67. The van der Waals surface area contributed by atoms with Crippen LogP contribution in [0.15, 0.2) is 53.5 Å². The normalized spacial score (nSPS) is 10.8. The number of benzene rings is 2. The Kier molecular flexibility index (Phi) is 4.12. The van der Waals surface area contributed by atoms with Crippen molar-refractivity contribution < 1.29 is 13.6 Å². The van der Waals surface area contributed by atoms with Gasteiger partial charge >= 0.3 is 0 Å². The molecule has 0 atom stereocenters. The highest BCUT2D eigenvalue weighted by Crippen LogP contribution is 2.19. The van der Waals surface area contributed by atoms with Crippen LogP contribution in [0.5, 0.6) is 0 Å². The van der Waals surface area contributed by atoms with Gasteiger partial charge in [-0.1, -0.05) is 18.2 Å². The average Bonchev–Trinajstić information content (AvgIpc) is 2.59. The van der Waals surface area contributed by atoms with E-state index in [-0.39, 0.29) is 5.56 Å². The standard InChI is InChI=1S/C18H14F2N2O2/c1-2-22-10-12(17(23)11-6-3-4-9-15(11)22)18(24)21-16-13(19)7-5-8-14(16)20/h3-10H,2H2,1H3,(H,21,24). The predicted molar refractivity (Wildman–Crippen MR) is 88.2 cm³/mol. The molecule has 0 spiro atoms. The minimum Gasteiger partial charge on any atom is -0.347 e. The van der Waals surface area contributed by atoms with E-state index in [2.05, 4.69) is 5.32 Å². The molecule has 0 aliphatic heterocycles. The maximum atomic E-state index is 13.7. The van der Waals surface area contributed by atoms with Crippen LogP contribution in [0.4, 0.5) is 14.5 Å². The molecule has 0 fully saturated rings. The Morgan fingerprint density at radius 3 is 2.42 bits per heavy atom. The number of amides is 1. The van der Waals surface area contributed by atoms with Crippen LogP contribution < -0.4 is 10.7 Å². The Labute approximate surface area is 136 Å². The SMILES string of the molecule is CCn1cc(C(=O)Nc2c(F)cccc2F)c(=O)c2ccccc21. The summed E-state index contributed by atoms with van der Waals surface area (Å²) in [4.78, 5) is 24.9. The second-order valence-electron chi connectivity index (χ2n) is 5.23. The average molecular weight is 328 g/mol. The van der Waals surface area contributed by atoms with Gasteiger partial charge in [-0.2, -0.15) is 0 Å². The first-order chi connectivity index (χ1) is 11.5. The quantitative estimate of drug-likeness (QED) is 0.799. The highest BCUT2D eigenvalue weighted by Gasteiger charge is 2.18. The molecule has 3 aromatic rings. The van der Waals surface area contributed by atoms with Gasteiger partial charge in [0, 0.05) is 18.1 Å². The molecule has 0 bridgehead atoms. The second-order valence-corrected chi connectivity index (χ2v) is 5.23. The second kappa shape index (κ2) is 6.23. The van der Waals surface area contributed by atoms with E-state index in [9.17, 15) is 18.4 Å². The van der Waals surface area contributed by atoms with Gasteiger partial charge in [0.1, 0.15) is 22.9 Å². The van der Waals surface area contributed by atoms with Crippen molar-refractivity contribution in [2.75, 3.05) is 5.32 Å². The van der Waals surface area contributed by atoms with Crippen molar-refractivity contribution in [3.05, 3.63) is 76.1 Å². The topological polar surface area (TPSA) is 51.1 Å². The highest BCUT2D eigenvalue weighted by atomic mass is 19.1. The third-order valence-corrected chi connectivity index (χ3v) is 3.77. The predicted octanol–water partition coefficient (Wildman–Crippen LogP) is 3.55. The molecule has 1 amide bonds. The van der Waals surface area contributed by atoms with Crippen LogP contribution in [0.2, 0.25) is 0 Å². The highest BCUT2D eigenvalue weighted by molar-refractivity contribution is 6.05. The lowest BCUT2D eigenvalue weighted by atomic mass is 10.1. The Morgan fingerprint density at radius 1 is 1.08 bits per heavy atom. The number of nitrogens with zero attached hydrogens (tertiary/aromatic N) is 1. The largest absolute Gasteiger partial charge is 0.347 e. The minimum absolute atomic E-state index is 0.168. The number of halogens is 2. The lowest BCUT2D eigenvalue weighted by Crippen LogP contribution is -2.24. The van der Waals surface area contributed by atoms with E-state index in [0.29, 0.717) is 17.4 Å². The summed E-state index contributed by atoms with van der Waals surface area (Å²) in [5.74, 6) is -2.66. The van der Waals surface area contributed by atoms with Crippen molar-refractivity contribution in [2.24, 2.45) is 0 Å². The van der Waals surface area contributed by atoms with Gasteiger partial charge in [-0.3, -0.25) is 9.59 Å². The zero-order valence-electron chi connectivity index (χ0n) is 12.8. The van der Waals surface area contributed by atoms with Gasteiger partial charge < -0.3 is 9.88 Å². The molecule has 0 radical (unpaired) electrons. The number of hydrogen-bond acceptors (Lipinski definition) is 2. The fourth-order valence-electron chi connectivity index (χ4n) is 2.57. The van der Waals surface area contributed by atoms with Crippen molar-refractivity contribution >= 4 is 22.5 Å². The number of carbonyl (C=O) groups excluding carboxylic acids is 1. The monoisotopic (exact) mass is 328 g/mol. The number of carbonyl (C=O) groups is 1. The first kappa shape index (κ1) is 15.9. The molecule has 4 nitrogen and oxygen atoms in total. The molecule has 0 aliphatic rings. The van der Waals surface area contributed by atoms with E-state index in [0.717, 1.165) is 12.1 Å². The summed E-state index contributed by atoms with van der Waals surface area (Å²) in [6.45, 7) is 2.41. The maximum Gasteiger partial charge on any atom is 0.261 e. The van der Waals surface area contributed by atoms with Gasteiger partial charge in [0.15, 0.2) is 0 Å². The van der Waals surface area contributed by atoms with Crippen LogP contribution in [0.25, 0.3) is 10.9 Å². The van der Waals surface area contributed by atoms with Crippen LogP contribution in [0.1, 0.15) is 17.3 Å². The first-order valence-electron chi connectivity index (χ1n) is 7.40. The van der Waals surface area contributed by atoms with Gasteiger partial charge in [0.05, 0.1) is 5.52 Å². The van der Waals surface area contributed by atoms with Crippen molar-refractivity contribution in [1.29, 1.82) is 0 Å². The number of para-hydroxylation sites is 2. The summed E-state index contributed by atoms with van der Waals surface area (Å²) in [6, 6.07) is 10.1. The Hall–Kier alpha value is -3.02. The molecule has 1 N–H and O–H groups in total. The van der Waals surface area contributed by atoms with Gasteiger partial charge in [0.2, 0.25) is 5.43 Å². The number of anilines is 1. The molecule has 0 saturated heterocycles. The summed E-state index contributed by atoms with van der Waals surface area (Å²) in [7, 11) is 0. The summed E-state index contributed by atoms with van der Waals surface area (Å²) in [6.07, 6.45) is 1.40. The van der Waals surface area contributed by atoms with Crippen molar-refractivity contribution in [3.63, 3.8) is 0 Å². The zero-order valence-corrected chi connectivity index (χ0v) is 12.8. The molecule has 0 saturated carbocycles. The molecule has 0 aliphatic carbocycles. The number of rotatable bonds is 3. The van der Waals surface area contributed by atoms with E-state index < -0.39 is 28.7 Å². The number of nitrogens with one attached hydrogen (secondary N) is 1. The van der Waals surface area contributed by atoms with Gasteiger partial charge in [-0.25, -0.2) is 8.78 Å². The molecule has 0 unspecified atom stereocenters. The number of aromatic nitrogens is 1. The lowest BCUT2D eigenvalue weighted by Gasteiger charge is -2.12. The van der Waals surface area contributed by atoms with Gasteiger partial charge in [-0.05, 0) is 31.2 Å². The number of hydrogen-bond donors (Lipinski definition) is 1. The van der Waals surface area contributed by atoms with E-state index in [1.807, 2.05) is 6.92 Å². The fourth-order valence-corrected chi connectivity index (χ4v) is 2.57. The summed E-state index contributed by atoms with van der Waals surface area (Å²) < 4.78 is 29.1. The van der Waals surface area contributed by atoms with Crippen LogP contribution in [-0.2, 0) is 6.54 Å². The molecule has 122 valence electrons. The number of aryl methyl sites for hydroxylation is 1. The van der Waals surface area contributed by atoms with Crippen LogP contribution >= 0.6 is 0 Å². The fraction of sp³-hybridized carbons (Fsp3) is 0.111. The number of fused-ring (bicyclic) bond motifs is 1. The van der Waals surface area contributed by atoms with Crippen molar-refractivity contribution in [1.82, 2.24) is 4.57 Å². The summed E-state index contributed by atoms with van der Waals surface area (Å²) in [5.41, 5.74) is -0.528. The maximum absolute atomic E-state index is 13.7. The van der Waals surface area contributed by atoms with Gasteiger partial charge in [-0.15, -0.1) is 0 Å². The summed E-state index contributed by atoms with van der Waals surface area (Å²) in [5, 5.41) is 2.53. The molecule has 1 heterocycles. The van der Waals surface area contributed by atoms with Crippen molar-refractivity contribution in [3.8, 4) is 0 Å². The van der Waals surface area contributed by atoms with Crippen LogP contribution in [0, 0.1) is 11.6 Å². The third-order valence-electron chi connectivity index (χ3n) is 3.77. The Bertz CT molecular complexity index is 976. The van der Waals surface area contributed by atoms with Gasteiger partial charge in [0.25, 0.3) is 5.91 Å². The van der Waals surface area contributed by atoms with E-state index in [1.165, 1.54) is 12.3 Å². The first-order valence-corrected chi connectivity index (χ1v) is 7.40. The number of pyridine rings is 1. The van der Waals surface area contributed by atoms with Crippen LogP contribution in [-0.4, -0.2) is 10.5 Å². The molecule has 1 aromatic heterocycles. The van der Waals surface area contributed by atoms with Crippen LogP contribution in [0.3, 0.4) is 0 Å². The lowest BCUT2D eigenvalue weighted by molar-refractivity contribution is 0.102. The van der Waals surface area contributed by atoms with E-state index >= 15 is 0 Å². The molecule has 2 aromatic carbocycles. The molecular formula is C18H14F2N2O2. The van der Waals surface area contributed by atoms with Crippen molar-refractivity contribution in [2.45, 2.75) is 13.5 Å².